The van der Waals surface area contributed by atoms with Crippen LogP contribution in [-0.4, -0.2) is 75.4 Å². The third-order valence-corrected chi connectivity index (χ3v) is 20.1. The van der Waals surface area contributed by atoms with E-state index in [-0.39, 0.29) is 36.3 Å². The van der Waals surface area contributed by atoms with E-state index in [1.54, 1.807) is 14.2 Å². The van der Waals surface area contributed by atoms with E-state index in [2.05, 4.69) is 111 Å². The normalized spacial score (nSPS) is 23.4. The van der Waals surface area contributed by atoms with Gasteiger partial charge in [0.15, 0.2) is 5.79 Å². The van der Waals surface area contributed by atoms with Crippen LogP contribution in [0, 0.1) is 17.8 Å². The Balaban J connectivity index is 2.08. The number of methoxy groups -OCH3 is 2. The second-order valence-electron chi connectivity index (χ2n) is 15.5. The van der Waals surface area contributed by atoms with Crippen LogP contribution in [0.25, 0.3) is 0 Å². The molecular weight excluding hydrogens is 657 g/mol. The first-order valence-electron chi connectivity index (χ1n) is 18.3. The molecule has 0 radical (unpaired) electrons. The highest BCUT2D eigenvalue weighted by atomic mass is 32.2. The van der Waals surface area contributed by atoms with Crippen LogP contribution in [0.1, 0.15) is 95.1 Å². The molecule has 276 valence electrons. The van der Waals surface area contributed by atoms with Gasteiger partial charge in [0.2, 0.25) is 8.32 Å². The maximum atomic E-state index is 7.78. The molecule has 0 saturated carbocycles. The van der Waals surface area contributed by atoms with Crippen molar-refractivity contribution in [2.45, 2.75) is 148 Å². The van der Waals surface area contributed by atoms with Gasteiger partial charge in [-0.25, -0.2) is 0 Å². The average molecular weight is 725 g/mol. The van der Waals surface area contributed by atoms with Crippen LogP contribution in [0.3, 0.4) is 0 Å². The van der Waals surface area contributed by atoms with Gasteiger partial charge in [-0.3, -0.25) is 0 Å². The van der Waals surface area contributed by atoms with Gasteiger partial charge in [0.25, 0.3) is 0 Å². The van der Waals surface area contributed by atoms with Crippen molar-refractivity contribution >= 4 is 31.8 Å². The second kappa shape index (κ2) is 18.8. The summed E-state index contributed by atoms with van der Waals surface area (Å²) in [6.07, 6.45) is 3.15. The molecule has 0 N–H and O–H groups in total. The van der Waals surface area contributed by atoms with Crippen molar-refractivity contribution in [3.05, 3.63) is 41.5 Å². The molecule has 0 bridgehead atoms. The fourth-order valence-electron chi connectivity index (χ4n) is 8.28. The molecule has 3 rings (SSSR count). The zero-order chi connectivity index (χ0) is 35.8. The van der Waals surface area contributed by atoms with E-state index in [4.69, 9.17) is 28.1 Å². The van der Waals surface area contributed by atoms with Crippen molar-refractivity contribution in [2.75, 3.05) is 32.3 Å². The molecule has 1 aromatic rings. The summed E-state index contributed by atoms with van der Waals surface area (Å²) < 4.78 is 39.5. The lowest BCUT2D eigenvalue weighted by atomic mass is 9.82. The number of benzene rings is 1. The van der Waals surface area contributed by atoms with Crippen LogP contribution in [0.5, 0.6) is 5.75 Å². The first-order chi connectivity index (χ1) is 22.6. The third kappa shape index (κ3) is 10.5. The molecule has 0 spiro atoms. The van der Waals surface area contributed by atoms with Crippen molar-refractivity contribution in [1.29, 1.82) is 0 Å². The summed E-state index contributed by atoms with van der Waals surface area (Å²) in [4.78, 5) is 0. The Labute approximate surface area is 303 Å². The molecular formula is C39H68O6S2Si. The largest absolute Gasteiger partial charge is 0.497 e. The Kier molecular flexibility index (Phi) is 16.4. The lowest BCUT2D eigenvalue weighted by Gasteiger charge is -2.48. The van der Waals surface area contributed by atoms with Crippen LogP contribution in [0.15, 0.2) is 35.9 Å². The number of allylic oxidation sites excluding steroid dienone is 1. The number of ether oxygens (including phenoxy) is 5. The number of hydrogen-bond acceptors (Lipinski definition) is 8. The van der Waals surface area contributed by atoms with Crippen molar-refractivity contribution < 1.29 is 28.1 Å². The summed E-state index contributed by atoms with van der Waals surface area (Å²) in [7, 11) is 1.22. The second-order valence-corrected chi connectivity index (χ2v) is 23.7. The zero-order valence-corrected chi connectivity index (χ0v) is 35.2. The Morgan fingerprint density at radius 2 is 1.50 bits per heavy atom. The molecule has 2 aliphatic rings. The van der Waals surface area contributed by atoms with E-state index in [0.29, 0.717) is 40.3 Å². The van der Waals surface area contributed by atoms with Crippen molar-refractivity contribution in [3.63, 3.8) is 0 Å². The van der Waals surface area contributed by atoms with Gasteiger partial charge in [0, 0.05) is 18.9 Å². The Hall–Kier alpha value is -0.523. The molecule has 2 saturated heterocycles. The SMILES string of the molecule is COc1ccc(CO[C@@H]([C@@H](C)[C@H](OC)[C@@H]2COC(C)(C)O2)[C@@H](C)[C@@H](O[Si](C(C)C)(C(C)C)C(C)C)/C(C)=C/[C@H](C)C2SCCCS2)cc1. The van der Waals surface area contributed by atoms with Gasteiger partial charge in [-0.2, -0.15) is 0 Å². The molecule has 0 unspecified atom stereocenters. The monoisotopic (exact) mass is 724 g/mol. The number of hydrogen-bond donors (Lipinski definition) is 0. The minimum Gasteiger partial charge on any atom is -0.497 e. The highest BCUT2D eigenvalue weighted by molar-refractivity contribution is 8.17. The van der Waals surface area contributed by atoms with Gasteiger partial charge >= 0.3 is 0 Å². The first-order valence-corrected chi connectivity index (χ1v) is 22.5. The van der Waals surface area contributed by atoms with Gasteiger partial charge in [0.05, 0.1) is 43.2 Å². The molecule has 7 atom stereocenters. The van der Waals surface area contributed by atoms with Crippen molar-refractivity contribution in [1.82, 2.24) is 0 Å². The summed E-state index contributed by atoms with van der Waals surface area (Å²) in [5.41, 5.74) is 3.83. The summed E-state index contributed by atoms with van der Waals surface area (Å²) in [6.45, 7) is 28.5. The minimum atomic E-state index is -2.26. The summed E-state index contributed by atoms with van der Waals surface area (Å²) in [6, 6.07) is 8.17. The quantitative estimate of drug-likeness (QED) is 0.110. The van der Waals surface area contributed by atoms with Gasteiger partial charge in [-0.05, 0) is 84.5 Å². The summed E-state index contributed by atoms with van der Waals surface area (Å²) >= 11 is 4.22. The van der Waals surface area contributed by atoms with Gasteiger partial charge in [0.1, 0.15) is 11.9 Å². The highest BCUT2D eigenvalue weighted by Gasteiger charge is 2.50. The van der Waals surface area contributed by atoms with Crippen LogP contribution in [0.4, 0.5) is 0 Å². The number of rotatable bonds is 18. The van der Waals surface area contributed by atoms with Crippen LogP contribution < -0.4 is 4.74 Å². The topological polar surface area (TPSA) is 55.4 Å². The standard InChI is InChI=1S/C39H68O6S2Si/c1-25(2)48(26(3)4,27(5)6)45-35(28(7)22-29(8)38-46-20-15-21-47-38)30(9)36(42-23-32-16-18-33(40-13)19-17-32)31(10)37(41-14)34-24-43-39(11,12)44-34/h16-19,22,25-27,29-31,34-38H,15,20-21,23-24H2,1-14H3/b28-22+/t29-,30-,31+,34-,35-,36+,37-/m0/s1. The van der Waals surface area contributed by atoms with Gasteiger partial charge in [-0.15, -0.1) is 23.5 Å². The van der Waals surface area contributed by atoms with Crippen LogP contribution >= 0.6 is 23.5 Å². The zero-order valence-electron chi connectivity index (χ0n) is 32.5. The van der Waals surface area contributed by atoms with Gasteiger partial charge < -0.3 is 28.1 Å². The molecule has 6 nitrogen and oxygen atoms in total. The molecule has 1 aromatic carbocycles. The van der Waals surface area contributed by atoms with E-state index in [1.165, 1.54) is 23.5 Å². The Morgan fingerprint density at radius 3 is 1.98 bits per heavy atom. The van der Waals surface area contributed by atoms with Crippen LogP contribution in [-0.2, 0) is 30.0 Å². The molecule has 0 aliphatic carbocycles. The Bertz CT molecular complexity index is 1100. The molecule has 2 fully saturated rings. The van der Waals surface area contributed by atoms with Crippen molar-refractivity contribution in [3.8, 4) is 5.75 Å². The van der Waals surface area contributed by atoms with Crippen molar-refractivity contribution in [2.24, 2.45) is 17.8 Å². The summed E-state index contributed by atoms with van der Waals surface area (Å²) in [5, 5.41) is 0. The summed E-state index contributed by atoms with van der Waals surface area (Å²) in [5.74, 6) is 3.18. The number of thioether (sulfide) groups is 2. The average Bonchev–Trinajstić information content (AvgIpc) is 3.40. The third-order valence-electron chi connectivity index (χ3n) is 10.6. The lowest BCUT2D eigenvalue weighted by molar-refractivity contribution is -0.170. The fraction of sp³-hybridized carbons (Fsp3) is 0.795. The van der Waals surface area contributed by atoms with E-state index < -0.39 is 14.1 Å². The Morgan fingerprint density at radius 1 is 0.917 bits per heavy atom. The molecule has 9 heteroatoms. The minimum absolute atomic E-state index is 0.000237. The molecule has 2 aliphatic heterocycles. The highest BCUT2D eigenvalue weighted by Crippen LogP contribution is 2.46. The predicted molar refractivity (Wildman–Crippen MR) is 208 cm³/mol. The maximum Gasteiger partial charge on any atom is 0.201 e. The fourth-order valence-corrected chi connectivity index (χ4v) is 16.9. The van der Waals surface area contributed by atoms with E-state index in [0.717, 1.165) is 11.3 Å². The van der Waals surface area contributed by atoms with E-state index in [9.17, 15) is 0 Å². The lowest BCUT2D eigenvalue weighted by Crippen LogP contribution is -2.54. The predicted octanol–water partition coefficient (Wildman–Crippen LogP) is 10.4. The van der Waals surface area contributed by atoms with Crippen LogP contribution in [0.2, 0.25) is 16.6 Å². The van der Waals surface area contributed by atoms with E-state index >= 15 is 0 Å². The molecule has 2 heterocycles. The molecule has 0 aromatic heterocycles. The van der Waals surface area contributed by atoms with E-state index in [1.807, 2.05) is 26.0 Å². The molecule has 0 amide bonds. The molecule has 48 heavy (non-hydrogen) atoms. The smallest absolute Gasteiger partial charge is 0.201 e. The van der Waals surface area contributed by atoms with Gasteiger partial charge in [-0.1, -0.05) is 80.5 Å². The first kappa shape index (κ1) is 41.9. The maximum absolute atomic E-state index is 7.78.